The third-order valence-electron chi connectivity index (χ3n) is 2.65. The second-order valence-corrected chi connectivity index (χ2v) is 4.17. The number of carbonyl (C=O) groups excluding carboxylic acids is 1. The summed E-state index contributed by atoms with van der Waals surface area (Å²) in [5.74, 6) is -1.05. The Bertz CT molecular complexity index is 656. The Morgan fingerprint density at radius 3 is 2.84 bits per heavy atom. The summed E-state index contributed by atoms with van der Waals surface area (Å²) in [6.45, 7) is 1.94. The second-order valence-electron chi connectivity index (χ2n) is 4.17. The van der Waals surface area contributed by atoms with E-state index in [-0.39, 0.29) is 11.6 Å². The van der Waals surface area contributed by atoms with Crippen molar-refractivity contribution in [3.63, 3.8) is 0 Å². The average Bonchev–Trinajstić information content (AvgIpc) is 2.77. The molecule has 1 aromatic heterocycles. The number of carboxylic acid groups (broad SMARTS) is 1. The predicted molar refractivity (Wildman–Crippen MR) is 73.0 cm³/mol. The van der Waals surface area contributed by atoms with Crippen molar-refractivity contribution in [1.82, 2.24) is 10.3 Å². The first kappa shape index (κ1) is 12.9. The first-order valence-corrected chi connectivity index (χ1v) is 5.83. The third kappa shape index (κ3) is 3.22. The Morgan fingerprint density at radius 1 is 1.37 bits per heavy atom. The lowest BCUT2D eigenvalue weighted by Crippen LogP contribution is -2.19. The quantitative estimate of drug-likeness (QED) is 0.784. The zero-order valence-electron chi connectivity index (χ0n) is 10.4. The molecule has 0 bridgehead atoms. The van der Waals surface area contributed by atoms with E-state index >= 15 is 0 Å². The molecule has 0 aliphatic carbocycles. The lowest BCUT2D eigenvalue weighted by molar-refractivity contribution is -0.118. The van der Waals surface area contributed by atoms with E-state index in [1.807, 2.05) is 30.4 Å². The molecule has 1 heterocycles. The van der Waals surface area contributed by atoms with Crippen LogP contribution in [-0.2, 0) is 4.79 Å². The summed E-state index contributed by atoms with van der Waals surface area (Å²) in [4.78, 5) is 24.4. The number of hydrogen-bond acceptors (Lipinski definition) is 2. The number of H-pyrrole nitrogens is 1. The van der Waals surface area contributed by atoms with Crippen molar-refractivity contribution >= 4 is 28.9 Å². The standard InChI is InChI=1S/C14H14N2O3/c1-9(17)15-6-2-3-10-4-5-12-11(7-10)8-13(16-12)14(18)19/h2-5,7-8,16H,6H2,1H3,(H,15,17)(H,18,19). The second kappa shape index (κ2) is 5.39. The first-order valence-electron chi connectivity index (χ1n) is 5.83. The van der Waals surface area contributed by atoms with Gasteiger partial charge in [-0.25, -0.2) is 4.79 Å². The van der Waals surface area contributed by atoms with E-state index in [2.05, 4.69) is 10.3 Å². The summed E-state index contributed by atoms with van der Waals surface area (Å²) in [6.07, 6.45) is 3.72. The van der Waals surface area contributed by atoms with Gasteiger partial charge in [0.2, 0.25) is 5.91 Å². The topological polar surface area (TPSA) is 82.2 Å². The van der Waals surface area contributed by atoms with Crippen LogP contribution in [-0.4, -0.2) is 28.5 Å². The Labute approximate surface area is 109 Å². The number of fused-ring (bicyclic) bond motifs is 1. The molecule has 5 nitrogen and oxygen atoms in total. The molecule has 19 heavy (non-hydrogen) atoms. The molecule has 0 aliphatic rings. The van der Waals surface area contributed by atoms with Crippen LogP contribution in [0.25, 0.3) is 17.0 Å². The SMILES string of the molecule is CC(=O)NCC=Cc1ccc2[nH]c(C(=O)O)cc2c1. The number of rotatable bonds is 4. The van der Waals surface area contributed by atoms with E-state index in [4.69, 9.17) is 5.11 Å². The van der Waals surface area contributed by atoms with Gasteiger partial charge in [-0.3, -0.25) is 4.79 Å². The van der Waals surface area contributed by atoms with E-state index in [0.29, 0.717) is 6.54 Å². The highest BCUT2D eigenvalue weighted by Gasteiger charge is 2.06. The molecule has 0 radical (unpaired) electrons. The number of carboxylic acids is 1. The molecule has 0 fully saturated rings. The fraction of sp³-hybridized carbons (Fsp3) is 0.143. The molecule has 0 saturated carbocycles. The summed E-state index contributed by atoms with van der Waals surface area (Å²) >= 11 is 0. The number of carbonyl (C=O) groups is 2. The van der Waals surface area contributed by atoms with Gasteiger partial charge in [-0.15, -0.1) is 0 Å². The van der Waals surface area contributed by atoms with Crippen molar-refractivity contribution in [1.29, 1.82) is 0 Å². The average molecular weight is 258 g/mol. The molecule has 0 saturated heterocycles. The summed E-state index contributed by atoms with van der Waals surface area (Å²) < 4.78 is 0. The van der Waals surface area contributed by atoms with Gasteiger partial charge in [0.15, 0.2) is 0 Å². The number of nitrogens with one attached hydrogen (secondary N) is 2. The minimum Gasteiger partial charge on any atom is -0.477 e. The van der Waals surface area contributed by atoms with Gasteiger partial charge in [-0.1, -0.05) is 18.2 Å². The van der Waals surface area contributed by atoms with Gasteiger partial charge in [0, 0.05) is 24.4 Å². The van der Waals surface area contributed by atoms with Gasteiger partial charge in [-0.2, -0.15) is 0 Å². The van der Waals surface area contributed by atoms with E-state index in [9.17, 15) is 9.59 Å². The molecule has 2 aromatic rings. The number of hydrogen-bond donors (Lipinski definition) is 3. The van der Waals surface area contributed by atoms with Crippen LogP contribution in [0.2, 0.25) is 0 Å². The van der Waals surface area contributed by atoms with Gasteiger partial charge < -0.3 is 15.4 Å². The van der Waals surface area contributed by atoms with Crippen LogP contribution in [0.1, 0.15) is 23.0 Å². The maximum absolute atomic E-state index is 10.8. The molecular formula is C14H14N2O3. The van der Waals surface area contributed by atoms with Crippen molar-refractivity contribution in [3.8, 4) is 0 Å². The lowest BCUT2D eigenvalue weighted by Gasteiger charge is -1.96. The minimum atomic E-state index is -0.973. The van der Waals surface area contributed by atoms with E-state index in [1.165, 1.54) is 6.92 Å². The zero-order valence-corrected chi connectivity index (χ0v) is 10.4. The molecule has 0 spiro atoms. The molecule has 0 unspecified atom stereocenters. The fourth-order valence-electron chi connectivity index (χ4n) is 1.77. The smallest absolute Gasteiger partial charge is 0.352 e. The number of benzene rings is 1. The summed E-state index contributed by atoms with van der Waals surface area (Å²) in [5.41, 5.74) is 1.92. The van der Waals surface area contributed by atoms with Crippen LogP contribution >= 0.6 is 0 Å². The van der Waals surface area contributed by atoms with Crippen LogP contribution < -0.4 is 5.32 Å². The van der Waals surface area contributed by atoms with E-state index in [0.717, 1.165) is 16.5 Å². The van der Waals surface area contributed by atoms with Crippen molar-refractivity contribution in [2.75, 3.05) is 6.54 Å². The van der Waals surface area contributed by atoms with E-state index in [1.54, 1.807) is 6.07 Å². The summed E-state index contributed by atoms with van der Waals surface area (Å²) in [7, 11) is 0. The molecule has 98 valence electrons. The minimum absolute atomic E-state index is 0.0724. The molecule has 1 amide bonds. The van der Waals surface area contributed by atoms with Crippen molar-refractivity contribution < 1.29 is 14.7 Å². The molecule has 1 aromatic carbocycles. The van der Waals surface area contributed by atoms with Gasteiger partial charge in [0.05, 0.1) is 0 Å². The summed E-state index contributed by atoms with van der Waals surface area (Å²) in [6, 6.07) is 7.21. The Kier molecular flexibility index (Phi) is 3.66. The Balaban J connectivity index is 2.17. The highest BCUT2D eigenvalue weighted by atomic mass is 16.4. The number of aromatic nitrogens is 1. The van der Waals surface area contributed by atoms with Gasteiger partial charge in [0.1, 0.15) is 5.69 Å². The fourth-order valence-corrected chi connectivity index (χ4v) is 1.77. The third-order valence-corrected chi connectivity index (χ3v) is 2.65. The van der Waals surface area contributed by atoms with Crippen molar-refractivity contribution in [2.24, 2.45) is 0 Å². The van der Waals surface area contributed by atoms with Crippen LogP contribution in [0.5, 0.6) is 0 Å². The maximum atomic E-state index is 10.8. The van der Waals surface area contributed by atoms with Gasteiger partial charge in [-0.05, 0) is 23.8 Å². The van der Waals surface area contributed by atoms with Crippen molar-refractivity contribution in [2.45, 2.75) is 6.92 Å². The van der Waals surface area contributed by atoms with Crippen LogP contribution in [0.4, 0.5) is 0 Å². The monoisotopic (exact) mass is 258 g/mol. The van der Waals surface area contributed by atoms with Crippen LogP contribution in [0.3, 0.4) is 0 Å². The number of amides is 1. The summed E-state index contributed by atoms with van der Waals surface area (Å²) in [5, 5.41) is 12.4. The van der Waals surface area contributed by atoms with Crippen molar-refractivity contribution in [3.05, 3.63) is 41.6 Å². The molecule has 0 atom stereocenters. The van der Waals surface area contributed by atoms with Gasteiger partial charge in [0.25, 0.3) is 0 Å². The normalized spacial score (nSPS) is 11.0. The largest absolute Gasteiger partial charge is 0.477 e. The Hall–Kier alpha value is -2.56. The highest BCUT2D eigenvalue weighted by molar-refractivity contribution is 5.94. The molecule has 5 heteroatoms. The van der Waals surface area contributed by atoms with Crippen LogP contribution in [0, 0.1) is 0 Å². The highest BCUT2D eigenvalue weighted by Crippen LogP contribution is 2.18. The Morgan fingerprint density at radius 2 is 2.16 bits per heavy atom. The van der Waals surface area contributed by atoms with E-state index < -0.39 is 5.97 Å². The number of aromatic carboxylic acids is 1. The molecular weight excluding hydrogens is 244 g/mol. The zero-order chi connectivity index (χ0) is 13.8. The molecule has 2 rings (SSSR count). The van der Waals surface area contributed by atoms with Gasteiger partial charge >= 0.3 is 5.97 Å². The maximum Gasteiger partial charge on any atom is 0.352 e. The molecule has 3 N–H and O–H groups in total. The molecule has 0 aliphatic heterocycles. The lowest BCUT2D eigenvalue weighted by atomic mass is 10.1. The first-order chi connectivity index (χ1) is 9.06. The predicted octanol–water partition coefficient (Wildman–Crippen LogP) is 2.02. The number of aromatic amines is 1. The van der Waals surface area contributed by atoms with Crippen LogP contribution in [0.15, 0.2) is 30.3 Å².